The molecular weight excluding hydrogens is 283 g/mol. The van der Waals surface area contributed by atoms with Crippen LogP contribution in [0.25, 0.3) is 0 Å². The molecule has 0 amide bonds. The Morgan fingerprint density at radius 3 is 2.14 bits per heavy atom. The lowest BCUT2D eigenvalue weighted by atomic mass is 10.2. The van der Waals surface area contributed by atoms with Gasteiger partial charge in [-0.15, -0.1) is 0 Å². The lowest BCUT2D eigenvalue weighted by Gasteiger charge is -2.16. The van der Waals surface area contributed by atoms with E-state index in [1.54, 1.807) is 0 Å². The predicted octanol–water partition coefficient (Wildman–Crippen LogP) is 3.37. The fourth-order valence-corrected chi connectivity index (χ4v) is 1.92. The molecule has 3 nitrogen and oxygen atoms in total. The van der Waals surface area contributed by atoms with Crippen LogP contribution in [-0.2, 0) is 16.0 Å². The predicted molar refractivity (Wildman–Crippen MR) is 74.3 cm³/mol. The number of hydrogen-bond acceptors (Lipinski definition) is 3. The molecule has 21 heavy (non-hydrogen) atoms. The Morgan fingerprint density at radius 1 is 1.05 bits per heavy atom. The van der Waals surface area contributed by atoms with Gasteiger partial charge >= 0.3 is 0 Å². The molecule has 0 aliphatic carbocycles. The summed E-state index contributed by atoms with van der Waals surface area (Å²) in [4.78, 5) is 0. The van der Waals surface area contributed by atoms with Crippen LogP contribution in [0, 0.1) is 17.5 Å². The highest BCUT2D eigenvalue weighted by atomic mass is 19.2. The molecule has 1 rings (SSSR count). The molecule has 0 unspecified atom stereocenters. The smallest absolute Gasteiger partial charge is 0.194 e. The van der Waals surface area contributed by atoms with E-state index in [9.17, 15) is 13.2 Å². The third kappa shape index (κ3) is 6.46. The SMILES string of the molecule is CCOC(CCCNCc1cc(F)c(F)c(F)c1)OCC. The normalized spacial score (nSPS) is 11.3. The Labute approximate surface area is 123 Å². The van der Waals surface area contributed by atoms with Crippen molar-refractivity contribution in [3.63, 3.8) is 0 Å². The van der Waals surface area contributed by atoms with Gasteiger partial charge in [-0.1, -0.05) is 0 Å². The van der Waals surface area contributed by atoms with Crippen LogP contribution >= 0.6 is 0 Å². The van der Waals surface area contributed by atoms with Gasteiger partial charge in [-0.3, -0.25) is 0 Å². The molecule has 0 saturated heterocycles. The minimum absolute atomic E-state index is 0.220. The van der Waals surface area contributed by atoms with Crippen molar-refractivity contribution in [1.82, 2.24) is 5.32 Å². The van der Waals surface area contributed by atoms with E-state index in [2.05, 4.69) is 5.32 Å². The van der Waals surface area contributed by atoms with Gasteiger partial charge < -0.3 is 14.8 Å². The van der Waals surface area contributed by atoms with E-state index in [0.29, 0.717) is 25.3 Å². The van der Waals surface area contributed by atoms with Gasteiger partial charge in [0.25, 0.3) is 0 Å². The van der Waals surface area contributed by atoms with Gasteiger partial charge in [0.2, 0.25) is 0 Å². The van der Waals surface area contributed by atoms with Crippen molar-refractivity contribution in [2.45, 2.75) is 39.5 Å². The topological polar surface area (TPSA) is 30.5 Å². The second kappa shape index (κ2) is 9.76. The van der Waals surface area contributed by atoms with Crippen molar-refractivity contribution < 1.29 is 22.6 Å². The zero-order valence-electron chi connectivity index (χ0n) is 12.4. The molecule has 0 saturated carbocycles. The molecule has 1 aromatic rings. The summed E-state index contributed by atoms with van der Waals surface area (Å²) in [7, 11) is 0. The van der Waals surface area contributed by atoms with E-state index >= 15 is 0 Å². The second-order valence-corrected chi connectivity index (χ2v) is 4.53. The molecule has 0 bridgehead atoms. The number of benzene rings is 1. The molecule has 0 fully saturated rings. The van der Waals surface area contributed by atoms with Crippen molar-refractivity contribution in [2.24, 2.45) is 0 Å². The second-order valence-electron chi connectivity index (χ2n) is 4.53. The summed E-state index contributed by atoms with van der Waals surface area (Å²) in [5.41, 5.74) is 0.373. The Kier molecular flexibility index (Phi) is 8.34. The molecule has 0 aromatic heterocycles. The van der Waals surface area contributed by atoms with E-state index in [1.807, 2.05) is 13.8 Å². The highest BCUT2D eigenvalue weighted by Gasteiger charge is 2.10. The van der Waals surface area contributed by atoms with Gasteiger partial charge in [0, 0.05) is 19.8 Å². The lowest BCUT2D eigenvalue weighted by Crippen LogP contribution is -2.21. The first-order valence-electron chi connectivity index (χ1n) is 7.15. The van der Waals surface area contributed by atoms with Crippen molar-refractivity contribution in [1.29, 1.82) is 0 Å². The van der Waals surface area contributed by atoms with Crippen LogP contribution in [0.4, 0.5) is 13.2 Å². The van der Waals surface area contributed by atoms with Gasteiger partial charge in [-0.2, -0.15) is 0 Å². The summed E-state index contributed by atoms with van der Waals surface area (Å²) in [6.45, 7) is 5.92. The molecule has 0 heterocycles. The first kappa shape index (κ1) is 17.9. The Hall–Kier alpha value is -1.11. The van der Waals surface area contributed by atoms with Crippen LogP contribution in [0.2, 0.25) is 0 Å². The standard InChI is InChI=1S/C15H22F3NO2/c1-3-20-14(21-4-2)6-5-7-19-10-11-8-12(16)15(18)13(17)9-11/h8-9,14,19H,3-7,10H2,1-2H3. The number of hydrogen-bond donors (Lipinski definition) is 1. The molecule has 1 N–H and O–H groups in total. The Bertz CT molecular complexity index is 400. The molecular formula is C15H22F3NO2. The van der Waals surface area contributed by atoms with Crippen LogP contribution in [-0.4, -0.2) is 26.0 Å². The Balaban J connectivity index is 2.28. The number of ether oxygens (including phenoxy) is 2. The summed E-state index contributed by atoms with van der Waals surface area (Å²) >= 11 is 0. The maximum Gasteiger partial charge on any atom is 0.194 e. The van der Waals surface area contributed by atoms with Crippen molar-refractivity contribution in [2.75, 3.05) is 19.8 Å². The minimum Gasteiger partial charge on any atom is -0.353 e. The molecule has 0 radical (unpaired) electrons. The average molecular weight is 305 g/mol. The molecule has 0 aliphatic heterocycles. The molecule has 6 heteroatoms. The summed E-state index contributed by atoms with van der Waals surface area (Å²) in [6.07, 6.45) is 1.32. The highest BCUT2D eigenvalue weighted by molar-refractivity contribution is 5.19. The zero-order chi connectivity index (χ0) is 15.7. The fraction of sp³-hybridized carbons (Fsp3) is 0.600. The average Bonchev–Trinajstić information content (AvgIpc) is 2.44. The maximum atomic E-state index is 13.0. The lowest BCUT2D eigenvalue weighted by molar-refractivity contribution is -0.139. The van der Waals surface area contributed by atoms with Gasteiger partial charge in [0.1, 0.15) is 0 Å². The number of rotatable bonds is 10. The van der Waals surface area contributed by atoms with Crippen molar-refractivity contribution in [3.05, 3.63) is 35.1 Å². The molecule has 120 valence electrons. The summed E-state index contributed by atoms with van der Waals surface area (Å²) in [5.74, 6) is -3.77. The summed E-state index contributed by atoms with van der Waals surface area (Å²) < 4.78 is 49.6. The molecule has 0 aliphatic rings. The van der Waals surface area contributed by atoms with E-state index in [1.165, 1.54) is 0 Å². The fourth-order valence-electron chi connectivity index (χ4n) is 1.92. The molecule has 0 spiro atoms. The number of halogens is 3. The first-order valence-corrected chi connectivity index (χ1v) is 7.15. The van der Waals surface area contributed by atoms with Gasteiger partial charge in [-0.05, 0) is 50.9 Å². The van der Waals surface area contributed by atoms with E-state index < -0.39 is 17.5 Å². The third-order valence-electron chi connectivity index (χ3n) is 2.87. The highest BCUT2D eigenvalue weighted by Crippen LogP contribution is 2.13. The van der Waals surface area contributed by atoms with E-state index in [-0.39, 0.29) is 12.8 Å². The quantitative estimate of drug-likeness (QED) is 0.408. The monoisotopic (exact) mass is 305 g/mol. The number of nitrogens with one attached hydrogen (secondary N) is 1. The van der Waals surface area contributed by atoms with Crippen LogP contribution < -0.4 is 5.32 Å². The van der Waals surface area contributed by atoms with Crippen LogP contribution in [0.1, 0.15) is 32.3 Å². The van der Waals surface area contributed by atoms with Gasteiger partial charge in [0.15, 0.2) is 23.7 Å². The van der Waals surface area contributed by atoms with Crippen LogP contribution in [0.5, 0.6) is 0 Å². The zero-order valence-corrected chi connectivity index (χ0v) is 12.4. The first-order chi connectivity index (χ1) is 10.1. The largest absolute Gasteiger partial charge is 0.353 e. The van der Waals surface area contributed by atoms with Crippen molar-refractivity contribution in [3.8, 4) is 0 Å². The summed E-state index contributed by atoms with van der Waals surface area (Å²) in [5, 5.41) is 3.05. The van der Waals surface area contributed by atoms with Crippen LogP contribution in [0.3, 0.4) is 0 Å². The minimum atomic E-state index is -1.44. The summed E-state index contributed by atoms with van der Waals surface area (Å²) in [6, 6.07) is 1.99. The maximum absolute atomic E-state index is 13.0. The van der Waals surface area contributed by atoms with Crippen molar-refractivity contribution >= 4 is 0 Å². The van der Waals surface area contributed by atoms with E-state index in [0.717, 1.165) is 25.0 Å². The van der Waals surface area contributed by atoms with Gasteiger partial charge in [0.05, 0.1) is 0 Å². The van der Waals surface area contributed by atoms with Gasteiger partial charge in [-0.25, -0.2) is 13.2 Å². The van der Waals surface area contributed by atoms with Crippen LogP contribution in [0.15, 0.2) is 12.1 Å². The van der Waals surface area contributed by atoms with E-state index in [4.69, 9.17) is 9.47 Å². The Morgan fingerprint density at radius 2 is 1.62 bits per heavy atom. The molecule has 0 atom stereocenters. The third-order valence-corrected chi connectivity index (χ3v) is 2.87. The molecule has 1 aromatic carbocycles.